The van der Waals surface area contributed by atoms with Crippen LogP contribution in [0.5, 0.6) is 0 Å². The van der Waals surface area contributed by atoms with Gasteiger partial charge in [0.05, 0.1) is 6.61 Å². The van der Waals surface area contributed by atoms with Crippen molar-refractivity contribution in [3.8, 4) is 0 Å². The van der Waals surface area contributed by atoms with Crippen molar-refractivity contribution in [1.82, 2.24) is 5.32 Å². The highest BCUT2D eigenvalue weighted by Gasteiger charge is 2.06. The maximum Gasteiger partial charge on any atom is 0.163 e. The zero-order valence-corrected chi connectivity index (χ0v) is 11.9. The van der Waals surface area contributed by atoms with E-state index in [9.17, 15) is 0 Å². The summed E-state index contributed by atoms with van der Waals surface area (Å²) in [5.74, 6) is 3.67. The van der Waals surface area contributed by atoms with Gasteiger partial charge in [-0.2, -0.15) is 36.2 Å². The summed E-state index contributed by atoms with van der Waals surface area (Å²) >= 11 is 12.6. The van der Waals surface area contributed by atoms with Crippen LogP contribution >= 0.6 is 48.4 Å². The molecule has 0 aromatic rings. The van der Waals surface area contributed by atoms with Crippen LogP contribution in [0.1, 0.15) is 0 Å². The number of thiol groups is 1. The molecule has 0 spiro atoms. The van der Waals surface area contributed by atoms with E-state index in [0.29, 0.717) is 10.4 Å². The van der Waals surface area contributed by atoms with Crippen molar-refractivity contribution >= 4 is 53.5 Å². The number of aliphatic hydroxyl groups excluding tert-OH is 1. The Morgan fingerprint density at radius 2 is 2.27 bits per heavy atom. The lowest BCUT2D eigenvalue weighted by Gasteiger charge is -2.12. The molecule has 0 heterocycles. The fraction of sp³-hybridized carbons (Fsp3) is 0.875. The van der Waals surface area contributed by atoms with Crippen LogP contribution in [0.3, 0.4) is 0 Å². The molecule has 15 heavy (non-hydrogen) atoms. The lowest BCUT2D eigenvalue weighted by Crippen LogP contribution is -2.31. The Kier molecular flexibility index (Phi) is 11.7. The first-order valence-corrected chi connectivity index (χ1v) is 7.89. The van der Waals surface area contributed by atoms with Gasteiger partial charge in [0.25, 0.3) is 0 Å². The van der Waals surface area contributed by atoms with E-state index >= 15 is 0 Å². The van der Waals surface area contributed by atoms with Crippen molar-refractivity contribution in [2.45, 2.75) is 5.25 Å². The van der Waals surface area contributed by atoms with Crippen molar-refractivity contribution in [3.05, 3.63) is 0 Å². The lowest BCUT2D eigenvalue weighted by molar-refractivity contribution is 0.322. The number of rotatable bonds is 9. The van der Waals surface area contributed by atoms with Crippen LogP contribution in [0.15, 0.2) is 0 Å². The minimum atomic E-state index is 0.239. The van der Waals surface area contributed by atoms with Gasteiger partial charge >= 0.3 is 0 Å². The topological polar surface area (TPSA) is 58.3 Å². The molecule has 0 aliphatic heterocycles. The number of hydrogen-bond donors (Lipinski definition) is 4. The van der Waals surface area contributed by atoms with Crippen molar-refractivity contribution in [2.24, 2.45) is 5.73 Å². The maximum absolute atomic E-state index is 8.69. The second kappa shape index (κ2) is 11.2. The van der Waals surface area contributed by atoms with E-state index in [2.05, 4.69) is 17.9 Å². The quantitative estimate of drug-likeness (QED) is 0.283. The van der Waals surface area contributed by atoms with Gasteiger partial charge in [-0.1, -0.05) is 0 Å². The van der Waals surface area contributed by atoms with Crippen LogP contribution in [0.25, 0.3) is 0 Å². The molecule has 0 aromatic heterocycles. The van der Waals surface area contributed by atoms with Gasteiger partial charge in [0.15, 0.2) is 5.11 Å². The fourth-order valence-electron chi connectivity index (χ4n) is 0.834. The highest BCUT2D eigenvalue weighted by molar-refractivity contribution is 8.03. The molecule has 90 valence electrons. The number of nitrogens with two attached hydrogens (primary N) is 1. The Morgan fingerprint density at radius 3 is 2.80 bits per heavy atom. The third-order valence-corrected chi connectivity index (χ3v) is 4.89. The van der Waals surface area contributed by atoms with Crippen molar-refractivity contribution in [2.75, 3.05) is 36.2 Å². The molecule has 1 atom stereocenters. The molecule has 0 saturated carbocycles. The van der Waals surface area contributed by atoms with E-state index in [1.807, 2.05) is 11.8 Å². The van der Waals surface area contributed by atoms with E-state index < -0.39 is 0 Å². The Morgan fingerprint density at radius 1 is 1.53 bits per heavy atom. The number of thiocarbonyl (C=S) groups is 1. The molecule has 0 radical (unpaired) electrons. The number of thioether (sulfide) groups is 2. The molecule has 0 aromatic carbocycles. The smallest absolute Gasteiger partial charge is 0.163 e. The fourth-order valence-corrected chi connectivity index (χ4v) is 3.57. The second-order valence-electron chi connectivity index (χ2n) is 2.76. The third kappa shape index (κ3) is 11.0. The SMILES string of the molecule is NC(=S)NCCSCC(CS)SCCO. The predicted molar refractivity (Wildman–Crippen MR) is 79.3 cm³/mol. The van der Waals surface area contributed by atoms with Gasteiger partial charge in [-0.3, -0.25) is 0 Å². The molecule has 3 nitrogen and oxygen atoms in total. The molecule has 4 N–H and O–H groups in total. The summed E-state index contributed by atoms with van der Waals surface area (Å²) in [6.07, 6.45) is 0. The Bertz CT molecular complexity index is 171. The molecular weight excluding hydrogens is 268 g/mol. The molecule has 0 saturated heterocycles. The van der Waals surface area contributed by atoms with Crippen molar-refractivity contribution < 1.29 is 5.11 Å². The van der Waals surface area contributed by atoms with Crippen LogP contribution in [-0.4, -0.2) is 51.6 Å². The highest BCUT2D eigenvalue weighted by atomic mass is 32.2. The van der Waals surface area contributed by atoms with Crippen LogP contribution in [-0.2, 0) is 0 Å². The Balaban J connectivity index is 3.33. The minimum absolute atomic E-state index is 0.239. The number of aliphatic hydroxyl groups is 1. The molecule has 0 aliphatic carbocycles. The lowest BCUT2D eigenvalue weighted by atomic mass is 10.5. The first-order valence-electron chi connectivity index (χ1n) is 4.65. The van der Waals surface area contributed by atoms with E-state index in [1.54, 1.807) is 11.8 Å². The molecule has 1 unspecified atom stereocenters. The summed E-state index contributed by atoms with van der Waals surface area (Å²) in [6.45, 7) is 1.05. The van der Waals surface area contributed by atoms with Gasteiger partial charge in [-0.15, -0.1) is 0 Å². The first kappa shape index (κ1) is 15.7. The molecular formula is C8H18N2OS4. The summed E-state index contributed by atoms with van der Waals surface area (Å²) in [4.78, 5) is 0. The molecule has 0 rings (SSSR count). The molecule has 7 heteroatoms. The standard InChI is InChI=1S/C8H18N2OS4/c9-8(13)10-1-3-14-6-7(5-12)15-4-2-11/h7,11-12H,1-6H2,(H3,9,10,13). The highest BCUT2D eigenvalue weighted by Crippen LogP contribution is 2.17. The Labute approximate surface area is 111 Å². The summed E-state index contributed by atoms with van der Waals surface area (Å²) in [5.41, 5.74) is 5.29. The van der Waals surface area contributed by atoms with Crippen LogP contribution < -0.4 is 11.1 Å². The molecule has 0 aliphatic rings. The maximum atomic E-state index is 8.69. The monoisotopic (exact) mass is 286 g/mol. The average Bonchev–Trinajstić information content (AvgIpc) is 2.21. The summed E-state index contributed by atoms with van der Waals surface area (Å²) in [6, 6.07) is 0. The summed E-state index contributed by atoms with van der Waals surface area (Å²) in [7, 11) is 0. The Hall–Kier alpha value is 0.700. The zero-order valence-electron chi connectivity index (χ0n) is 8.52. The number of nitrogens with one attached hydrogen (secondary N) is 1. The minimum Gasteiger partial charge on any atom is -0.396 e. The second-order valence-corrected chi connectivity index (χ2v) is 6.13. The largest absolute Gasteiger partial charge is 0.396 e. The average molecular weight is 287 g/mol. The van der Waals surface area contributed by atoms with Crippen molar-refractivity contribution in [3.63, 3.8) is 0 Å². The first-order chi connectivity index (χ1) is 7.20. The van der Waals surface area contributed by atoms with E-state index in [-0.39, 0.29) is 6.61 Å². The molecule has 0 amide bonds. The van der Waals surface area contributed by atoms with Crippen molar-refractivity contribution in [1.29, 1.82) is 0 Å². The van der Waals surface area contributed by atoms with Gasteiger partial charge in [0.2, 0.25) is 0 Å². The molecule has 0 fully saturated rings. The van der Waals surface area contributed by atoms with Crippen LogP contribution in [0, 0.1) is 0 Å². The van der Waals surface area contributed by atoms with Gasteiger partial charge in [-0.25, -0.2) is 0 Å². The van der Waals surface area contributed by atoms with Gasteiger partial charge in [-0.05, 0) is 12.2 Å². The summed E-state index contributed by atoms with van der Waals surface area (Å²) < 4.78 is 0. The van der Waals surface area contributed by atoms with Crippen LogP contribution in [0.2, 0.25) is 0 Å². The van der Waals surface area contributed by atoms with E-state index in [4.69, 9.17) is 23.1 Å². The van der Waals surface area contributed by atoms with Gasteiger partial charge in [0.1, 0.15) is 0 Å². The van der Waals surface area contributed by atoms with E-state index in [0.717, 1.165) is 29.6 Å². The third-order valence-electron chi connectivity index (χ3n) is 1.50. The van der Waals surface area contributed by atoms with E-state index in [1.165, 1.54) is 0 Å². The van der Waals surface area contributed by atoms with Gasteiger partial charge < -0.3 is 16.2 Å². The van der Waals surface area contributed by atoms with Gasteiger partial charge in [0, 0.05) is 34.8 Å². The zero-order chi connectivity index (χ0) is 11.5. The summed E-state index contributed by atoms with van der Waals surface area (Å²) in [5, 5.41) is 12.5. The number of hydrogen-bond acceptors (Lipinski definition) is 5. The van der Waals surface area contributed by atoms with Crippen LogP contribution in [0.4, 0.5) is 0 Å². The predicted octanol–water partition coefficient (Wildman–Crippen LogP) is 0.577. The molecule has 0 bridgehead atoms. The normalized spacial score (nSPS) is 12.4.